The molecule has 0 radical (unpaired) electrons. The smallest absolute Gasteiger partial charge is 0.122 e. The van der Waals surface area contributed by atoms with E-state index >= 15 is 0 Å². The van der Waals surface area contributed by atoms with Crippen LogP contribution in [0.2, 0.25) is 0 Å². The molecule has 0 aliphatic carbocycles. The van der Waals surface area contributed by atoms with Gasteiger partial charge in [0, 0.05) is 25.5 Å². The second kappa shape index (κ2) is 4.94. The topological polar surface area (TPSA) is 29.9 Å². The predicted molar refractivity (Wildman–Crippen MR) is 64.9 cm³/mol. The standard InChI is InChI=1S/C13H17N3/c1-11(12-6-4-3-5-7-12)15-10-13-14-8-9-16(13)2/h3-9,11,15H,10H2,1-2H3/t11-/m0/s1. The van der Waals surface area contributed by atoms with Crippen LogP contribution in [0, 0.1) is 0 Å². The quantitative estimate of drug-likeness (QED) is 0.848. The van der Waals surface area contributed by atoms with Gasteiger partial charge in [-0.25, -0.2) is 4.98 Å². The van der Waals surface area contributed by atoms with Crippen molar-refractivity contribution in [2.24, 2.45) is 7.05 Å². The largest absolute Gasteiger partial charge is 0.337 e. The van der Waals surface area contributed by atoms with Gasteiger partial charge in [0.05, 0.1) is 6.54 Å². The molecule has 0 aliphatic heterocycles. The summed E-state index contributed by atoms with van der Waals surface area (Å²) in [6, 6.07) is 10.8. The lowest BCUT2D eigenvalue weighted by atomic mass is 10.1. The van der Waals surface area contributed by atoms with Crippen LogP contribution in [0.25, 0.3) is 0 Å². The summed E-state index contributed by atoms with van der Waals surface area (Å²) in [5.74, 6) is 1.06. The minimum atomic E-state index is 0.345. The molecule has 0 amide bonds. The van der Waals surface area contributed by atoms with E-state index in [1.165, 1.54) is 5.56 Å². The van der Waals surface area contributed by atoms with Gasteiger partial charge in [-0.05, 0) is 12.5 Å². The Morgan fingerprint density at radius 1 is 1.31 bits per heavy atom. The lowest BCUT2D eigenvalue weighted by Crippen LogP contribution is -2.20. The second-order valence-corrected chi connectivity index (χ2v) is 3.97. The lowest BCUT2D eigenvalue weighted by Gasteiger charge is -2.13. The Bertz CT molecular complexity index is 433. The van der Waals surface area contributed by atoms with Crippen LogP contribution in [-0.2, 0) is 13.6 Å². The van der Waals surface area contributed by atoms with Gasteiger partial charge in [0.15, 0.2) is 0 Å². The molecule has 1 aromatic heterocycles. The van der Waals surface area contributed by atoms with Crippen molar-refractivity contribution in [3.63, 3.8) is 0 Å². The SMILES string of the molecule is C[C@H](NCc1nccn1C)c1ccccc1. The first kappa shape index (κ1) is 10.9. The fraction of sp³-hybridized carbons (Fsp3) is 0.308. The number of benzene rings is 1. The molecule has 1 atom stereocenters. The van der Waals surface area contributed by atoms with Gasteiger partial charge in [0.1, 0.15) is 5.82 Å². The minimum absolute atomic E-state index is 0.345. The fourth-order valence-electron chi connectivity index (χ4n) is 1.67. The minimum Gasteiger partial charge on any atom is -0.337 e. The second-order valence-electron chi connectivity index (χ2n) is 3.97. The van der Waals surface area contributed by atoms with Crippen LogP contribution in [0.1, 0.15) is 24.4 Å². The van der Waals surface area contributed by atoms with Crippen molar-refractivity contribution in [2.75, 3.05) is 0 Å². The van der Waals surface area contributed by atoms with Crippen LogP contribution in [0.3, 0.4) is 0 Å². The number of nitrogens with one attached hydrogen (secondary N) is 1. The van der Waals surface area contributed by atoms with Crippen molar-refractivity contribution < 1.29 is 0 Å². The number of nitrogens with zero attached hydrogens (tertiary/aromatic N) is 2. The van der Waals surface area contributed by atoms with Gasteiger partial charge < -0.3 is 9.88 Å². The van der Waals surface area contributed by atoms with E-state index < -0.39 is 0 Å². The third kappa shape index (κ3) is 2.49. The number of hydrogen-bond acceptors (Lipinski definition) is 2. The highest BCUT2D eigenvalue weighted by atomic mass is 15.1. The summed E-state index contributed by atoms with van der Waals surface area (Å²) < 4.78 is 2.03. The molecule has 0 aliphatic rings. The first-order valence-corrected chi connectivity index (χ1v) is 5.52. The molecule has 1 N–H and O–H groups in total. The number of aromatic nitrogens is 2. The summed E-state index contributed by atoms with van der Waals surface area (Å²) in [7, 11) is 2.01. The summed E-state index contributed by atoms with van der Waals surface area (Å²) in [5.41, 5.74) is 1.30. The monoisotopic (exact) mass is 215 g/mol. The molecule has 1 aromatic carbocycles. The van der Waals surface area contributed by atoms with Gasteiger partial charge >= 0.3 is 0 Å². The van der Waals surface area contributed by atoms with Gasteiger partial charge in [0.25, 0.3) is 0 Å². The maximum absolute atomic E-state index is 4.28. The molecule has 2 rings (SSSR count). The van der Waals surface area contributed by atoms with E-state index in [9.17, 15) is 0 Å². The number of imidazole rings is 1. The molecule has 3 nitrogen and oxygen atoms in total. The highest BCUT2D eigenvalue weighted by molar-refractivity contribution is 5.18. The van der Waals surface area contributed by atoms with Gasteiger partial charge in [-0.2, -0.15) is 0 Å². The molecule has 2 aromatic rings. The molecule has 0 bridgehead atoms. The van der Waals surface area contributed by atoms with Crippen LogP contribution < -0.4 is 5.32 Å². The Labute approximate surface area is 96.1 Å². The Balaban J connectivity index is 1.94. The highest BCUT2D eigenvalue weighted by Crippen LogP contribution is 2.11. The number of hydrogen-bond donors (Lipinski definition) is 1. The fourth-order valence-corrected chi connectivity index (χ4v) is 1.67. The molecule has 0 saturated heterocycles. The van der Waals surface area contributed by atoms with Crippen molar-refractivity contribution in [3.8, 4) is 0 Å². The molecule has 3 heteroatoms. The van der Waals surface area contributed by atoms with E-state index in [0.717, 1.165) is 12.4 Å². The first-order chi connectivity index (χ1) is 7.77. The summed E-state index contributed by atoms with van der Waals surface area (Å²) in [6.45, 7) is 2.96. The van der Waals surface area contributed by atoms with Crippen molar-refractivity contribution in [1.82, 2.24) is 14.9 Å². The van der Waals surface area contributed by atoms with Crippen LogP contribution >= 0.6 is 0 Å². The van der Waals surface area contributed by atoms with Gasteiger partial charge in [-0.15, -0.1) is 0 Å². The van der Waals surface area contributed by atoms with E-state index in [-0.39, 0.29) is 0 Å². The molecule has 84 valence electrons. The summed E-state index contributed by atoms with van der Waals surface area (Å²) in [5, 5.41) is 3.46. The van der Waals surface area contributed by atoms with E-state index in [0.29, 0.717) is 6.04 Å². The van der Waals surface area contributed by atoms with Gasteiger partial charge in [0.2, 0.25) is 0 Å². The molecular formula is C13H17N3. The van der Waals surface area contributed by atoms with E-state index in [4.69, 9.17) is 0 Å². The van der Waals surface area contributed by atoms with Crippen molar-refractivity contribution >= 4 is 0 Å². The molecule has 0 saturated carbocycles. The molecule has 0 spiro atoms. The first-order valence-electron chi connectivity index (χ1n) is 5.52. The molecular weight excluding hydrogens is 198 g/mol. The van der Waals surface area contributed by atoms with E-state index in [1.54, 1.807) is 0 Å². The Hall–Kier alpha value is -1.61. The van der Waals surface area contributed by atoms with E-state index in [1.807, 2.05) is 30.1 Å². The lowest BCUT2D eigenvalue weighted by molar-refractivity contribution is 0.549. The maximum atomic E-state index is 4.28. The third-order valence-electron chi connectivity index (χ3n) is 2.79. The third-order valence-corrected chi connectivity index (χ3v) is 2.79. The van der Waals surface area contributed by atoms with Crippen LogP contribution in [0.5, 0.6) is 0 Å². The molecule has 0 fully saturated rings. The summed E-state index contributed by atoms with van der Waals surface area (Å²) in [6.07, 6.45) is 3.79. The summed E-state index contributed by atoms with van der Waals surface area (Å²) >= 11 is 0. The van der Waals surface area contributed by atoms with Crippen molar-refractivity contribution in [1.29, 1.82) is 0 Å². The zero-order valence-corrected chi connectivity index (χ0v) is 9.72. The normalized spacial score (nSPS) is 12.6. The average molecular weight is 215 g/mol. The number of aryl methyl sites for hydroxylation is 1. The highest BCUT2D eigenvalue weighted by Gasteiger charge is 2.05. The van der Waals surface area contributed by atoms with Gasteiger partial charge in [-0.1, -0.05) is 30.3 Å². The number of rotatable bonds is 4. The predicted octanol–water partition coefficient (Wildman–Crippen LogP) is 2.27. The Morgan fingerprint density at radius 2 is 2.06 bits per heavy atom. The van der Waals surface area contributed by atoms with Crippen molar-refractivity contribution in [2.45, 2.75) is 19.5 Å². The maximum Gasteiger partial charge on any atom is 0.122 e. The van der Waals surface area contributed by atoms with Crippen LogP contribution in [0.4, 0.5) is 0 Å². The summed E-state index contributed by atoms with van der Waals surface area (Å²) in [4.78, 5) is 4.28. The molecule has 16 heavy (non-hydrogen) atoms. The van der Waals surface area contributed by atoms with Gasteiger partial charge in [-0.3, -0.25) is 0 Å². The molecule has 1 heterocycles. The van der Waals surface area contributed by atoms with Crippen LogP contribution in [0.15, 0.2) is 42.7 Å². The zero-order chi connectivity index (χ0) is 11.4. The Morgan fingerprint density at radius 3 is 2.69 bits per heavy atom. The van der Waals surface area contributed by atoms with Crippen molar-refractivity contribution in [3.05, 3.63) is 54.1 Å². The van der Waals surface area contributed by atoms with Crippen LogP contribution in [-0.4, -0.2) is 9.55 Å². The average Bonchev–Trinajstić information content (AvgIpc) is 2.73. The Kier molecular flexibility index (Phi) is 3.37. The molecule has 0 unspecified atom stereocenters. The van der Waals surface area contributed by atoms with E-state index in [2.05, 4.69) is 41.5 Å². The zero-order valence-electron chi connectivity index (χ0n) is 9.72.